The zero-order valence-electron chi connectivity index (χ0n) is 13.9. The van der Waals surface area contributed by atoms with Gasteiger partial charge in [0.25, 0.3) is 0 Å². The van der Waals surface area contributed by atoms with Crippen molar-refractivity contribution in [3.8, 4) is 0 Å². The summed E-state index contributed by atoms with van der Waals surface area (Å²) in [6.07, 6.45) is 3.22. The van der Waals surface area contributed by atoms with E-state index in [0.29, 0.717) is 11.9 Å². The molecule has 22 heavy (non-hydrogen) atoms. The number of nitrogens with two attached hydrogens (primary N) is 1. The van der Waals surface area contributed by atoms with Gasteiger partial charge in [-0.15, -0.1) is 24.0 Å². The highest BCUT2D eigenvalue weighted by molar-refractivity contribution is 14.0. The molecule has 3 N–H and O–H groups in total. The molecule has 1 aliphatic heterocycles. The van der Waals surface area contributed by atoms with Gasteiger partial charge in [0.15, 0.2) is 5.96 Å². The van der Waals surface area contributed by atoms with Crippen LogP contribution in [-0.4, -0.2) is 37.5 Å². The molecule has 0 spiro atoms. The Hall–Kier alpha value is -0.820. The first-order chi connectivity index (χ1) is 10.1. The third kappa shape index (κ3) is 5.12. The number of para-hydroxylation sites is 1. The standard InChI is InChI=1S/C17H28N4.HI/c1-4-14-7-6-8-15(5-2)16(14)20-17(18)19-11-13-9-10-21(3)12-13;/h6-8,13H,4-5,9-12H2,1-3H3,(H3,18,19,20);1H. The van der Waals surface area contributed by atoms with Gasteiger partial charge in [-0.2, -0.15) is 0 Å². The lowest BCUT2D eigenvalue weighted by Crippen LogP contribution is -2.25. The lowest BCUT2D eigenvalue weighted by atomic mass is 10.0. The fraction of sp³-hybridized carbons (Fsp3) is 0.588. The number of hydrogen-bond acceptors (Lipinski definition) is 2. The number of rotatable bonds is 5. The number of anilines is 1. The van der Waals surface area contributed by atoms with Crippen LogP contribution >= 0.6 is 24.0 Å². The number of likely N-dealkylation sites (tertiary alicyclic amines) is 1. The number of nitrogens with one attached hydrogen (secondary N) is 1. The van der Waals surface area contributed by atoms with Crippen LogP contribution in [0.25, 0.3) is 0 Å². The van der Waals surface area contributed by atoms with Gasteiger partial charge in [-0.05, 0) is 49.9 Å². The fourth-order valence-electron chi connectivity index (χ4n) is 2.97. The molecule has 5 heteroatoms. The summed E-state index contributed by atoms with van der Waals surface area (Å²) in [6.45, 7) is 7.46. The predicted octanol–water partition coefficient (Wildman–Crippen LogP) is 3.11. The molecule has 4 nitrogen and oxygen atoms in total. The average molecular weight is 416 g/mol. The Kier molecular flexibility index (Phi) is 8.17. The van der Waals surface area contributed by atoms with E-state index < -0.39 is 0 Å². The van der Waals surface area contributed by atoms with Crippen LogP contribution in [-0.2, 0) is 12.8 Å². The number of aryl methyl sites for hydroxylation is 2. The topological polar surface area (TPSA) is 53.6 Å². The zero-order valence-corrected chi connectivity index (χ0v) is 16.3. The van der Waals surface area contributed by atoms with Crippen molar-refractivity contribution < 1.29 is 0 Å². The van der Waals surface area contributed by atoms with Crippen LogP contribution in [0, 0.1) is 5.92 Å². The summed E-state index contributed by atoms with van der Waals surface area (Å²) in [6, 6.07) is 6.42. The third-order valence-electron chi connectivity index (χ3n) is 4.26. The van der Waals surface area contributed by atoms with Crippen LogP contribution in [0.4, 0.5) is 5.69 Å². The molecule has 1 aliphatic rings. The molecule has 0 bridgehead atoms. The fourth-order valence-corrected chi connectivity index (χ4v) is 2.97. The molecule has 124 valence electrons. The second kappa shape index (κ2) is 9.35. The lowest BCUT2D eigenvalue weighted by molar-refractivity contribution is 0.397. The van der Waals surface area contributed by atoms with Gasteiger partial charge in [0.2, 0.25) is 0 Å². The Bertz CT molecular complexity index is 479. The number of guanidine groups is 1. The molecule has 2 rings (SSSR count). The summed E-state index contributed by atoms with van der Waals surface area (Å²) in [5, 5.41) is 3.33. The van der Waals surface area contributed by atoms with Crippen LogP contribution in [0.15, 0.2) is 23.2 Å². The minimum absolute atomic E-state index is 0. The molecule has 0 radical (unpaired) electrons. The molecular weight excluding hydrogens is 387 g/mol. The number of benzene rings is 1. The van der Waals surface area contributed by atoms with Gasteiger partial charge >= 0.3 is 0 Å². The summed E-state index contributed by atoms with van der Waals surface area (Å²) in [5.74, 6) is 1.18. The van der Waals surface area contributed by atoms with Crippen LogP contribution in [0.1, 0.15) is 31.4 Å². The molecule has 0 aliphatic carbocycles. The first-order valence-electron chi connectivity index (χ1n) is 8.00. The predicted molar refractivity (Wildman–Crippen MR) is 106 cm³/mol. The van der Waals surface area contributed by atoms with E-state index in [1.807, 2.05) is 0 Å². The molecule has 1 unspecified atom stereocenters. The Labute approximate surface area is 151 Å². The third-order valence-corrected chi connectivity index (χ3v) is 4.26. The van der Waals surface area contributed by atoms with Crippen molar-refractivity contribution in [1.82, 2.24) is 4.90 Å². The maximum Gasteiger partial charge on any atom is 0.193 e. The van der Waals surface area contributed by atoms with Crippen molar-refractivity contribution >= 4 is 35.6 Å². The highest BCUT2D eigenvalue weighted by Gasteiger charge is 2.18. The van der Waals surface area contributed by atoms with Crippen LogP contribution in [0.3, 0.4) is 0 Å². The van der Waals surface area contributed by atoms with E-state index >= 15 is 0 Å². The first kappa shape index (κ1) is 19.2. The molecule has 1 aromatic carbocycles. The molecule has 0 amide bonds. The summed E-state index contributed by atoms with van der Waals surface area (Å²) >= 11 is 0. The monoisotopic (exact) mass is 416 g/mol. The van der Waals surface area contributed by atoms with Gasteiger partial charge in [-0.25, -0.2) is 0 Å². The SMILES string of the molecule is CCc1cccc(CC)c1NC(N)=NCC1CCN(C)C1.I. The highest BCUT2D eigenvalue weighted by atomic mass is 127. The Balaban J connectivity index is 0.00000242. The van der Waals surface area contributed by atoms with Gasteiger partial charge in [0.1, 0.15) is 0 Å². The normalized spacial score (nSPS) is 19.0. The molecule has 0 aromatic heterocycles. The van der Waals surface area contributed by atoms with Gasteiger partial charge in [-0.1, -0.05) is 32.0 Å². The summed E-state index contributed by atoms with van der Waals surface area (Å²) in [5.41, 5.74) is 9.83. The molecule has 1 fully saturated rings. The Morgan fingerprint density at radius 2 is 1.95 bits per heavy atom. The highest BCUT2D eigenvalue weighted by Crippen LogP contribution is 2.22. The van der Waals surface area contributed by atoms with Crippen molar-refractivity contribution in [3.05, 3.63) is 29.3 Å². The maximum absolute atomic E-state index is 6.09. The minimum Gasteiger partial charge on any atom is -0.370 e. The lowest BCUT2D eigenvalue weighted by Gasteiger charge is -2.15. The van der Waals surface area contributed by atoms with Crippen LogP contribution < -0.4 is 11.1 Å². The van der Waals surface area contributed by atoms with Crippen molar-refractivity contribution in [1.29, 1.82) is 0 Å². The average Bonchev–Trinajstić information content (AvgIpc) is 2.91. The van der Waals surface area contributed by atoms with Crippen molar-refractivity contribution in [2.45, 2.75) is 33.1 Å². The smallest absolute Gasteiger partial charge is 0.193 e. The Morgan fingerprint density at radius 1 is 1.32 bits per heavy atom. The van der Waals surface area contributed by atoms with E-state index in [4.69, 9.17) is 5.73 Å². The molecule has 1 aromatic rings. The van der Waals surface area contributed by atoms with E-state index in [9.17, 15) is 0 Å². The van der Waals surface area contributed by atoms with Crippen molar-refractivity contribution in [2.24, 2.45) is 16.6 Å². The van der Waals surface area contributed by atoms with E-state index in [1.54, 1.807) is 0 Å². The number of nitrogens with zero attached hydrogens (tertiary/aromatic N) is 2. The zero-order chi connectivity index (χ0) is 15.2. The van der Waals surface area contributed by atoms with Crippen LogP contribution in [0.2, 0.25) is 0 Å². The van der Waals surface area contributed by atoms with E-state index in [2.05, 4.69) is 54.3 Å². The second-order valence-corrected chi connectivity index (χ2v) is 5.93. The number of aliphatic imine (C=N–C) groups is 1. The molecule has 1 atom stereocenters. The summed E-state index contributed by atoms with van der Waals surface area (Å²) in [4.78, 5) is 6.90. The van der Waals surface area contributed by atoms with Gasteiger partial charge in [0.05, 0.1) is 0 Å². The second-order valence-electron chi connectivity index (χ2n) is 5.93. The van der Waals surface area contributed by atoms with E-state index in [1.165, 1.54) is 24.1 Å². The maximum atomic E-state index is 6.09. The molecular formula is C17H29IN4. The number of hydrogen-bond donors (Lipinski definition) is 2. The van der Waals surface area contributed by atoms with Crippen molar-refractivity contribution in [3.63, 3.8) is 0 Å². The molecule has 0 saturated carbocycles. The van der Waals surface area contributed by atoms with E-state index in [0.717, 1.165) is 31.6 Å². The summed E-state index contributed by atoms with van der Waals surface area (Å²) in [7, 11) is 2.16. The summed E-state index contributed by atoms with van der Waals surface area (Å²) < 4.78 is 0. The van der Waals surface area contributed by atoms with Gasteiger partial charge in [0, 0.05) is 18.8 Å². The van der Waals surface area contributed by atoms with Gasteiger partial charge in [-0.3, -0.25) is 4.99 Å². The molecule has 1 saturated heterocycles. The van der Waals surface area contributed by atoms with Gasteiger partial charge < -0.3 is 16.0 Å². The Morgan fingerprint density at radius 3 is 2.45 bits per heavy atom. The minimum atomic E-state index is 0. The number of halogens is 1. The van der Waals surface area contributed by atoms with Crippen molar-refractivity contribution in [2.75, 3.05) is 32.0 Å². The van der Waals surface area contributed by atoms with E-state index in [-0.39, 0.29) is 24.0 Å². The molecule has 1 heterocycles. The quantitative estimate of drug-likeness (QED) is 0.441. The van der Waals surface area contributed by atoms with Crippen LogP contribution in [0.5, 0.6) is 0 Å². The first-order valence-corrected chi connectivity index (χ1v) is 8.00. The largest absolute Gasteiger partial charge is 0.370 e.